The van der Waals surface area contributed by atoms with Crippen molar-refractivity contribution in [2.75, 3.05) is 18.1 Å². The smallest absolute Gasteiger partial charge is 0.420 e. The van der Waals surface area contributed by atoms with E-state index in [1.807, 2.05) is 20.8 Å². The van der Waals surface area contributed by atoms with E-state index in [-0.39, 0.29) is 34.3 Å². The molecule has 0 fully saturated rings. The molecule has 0 aliphatic heterocycles. The number of nitrogens with one attached hydrogen (secondary N) is 1. The van der Waals surface area contributed by atoms with Crippen LogP contribution >= 0.6 is 0 Å². The van der Waals surface area contributed by atoms with Crippen molar-refractivity contribution in [3.63, 3.8) is 0 Å². The molecule has 0 unspecified atom stereocenters. The summed E-state index contributed by atoms with van der Waals surface area (Å²) in [5.41, 5.74) is -0.799. The number of aromatic nitrogens is 2. The average Bonchev–Trinajstić information content (AvgIpc) is 2.79. The number of hydrogen-bond acceptors (Lipinski definition) is 7. The number of halogens is 3. The van der Waals surface area contributed by atoms with Gasteiger partial charge >= 0.3 is 12.2 Å². The lowest BCUT2D eigenvalue weighted by molar-refractivity contribution is -0.138. The van der Waals surface area contributed by atoms with E-state index in [1.165, 1.54) is 25.4 Å². The number of anilines is 1. The third kappa shape index (κ3) is 9.38. The minimum atomic E-state index is -4.73. The summed E-state index contributed by atoms with van der Waals surface area (Å²) in [4.78, 5) is 8.61. The van der Waals surface area contributed by atoms with Crippen molar-refractivity contribution in [2.45, 2.75) is 58.9 Å². The first-order valence-electron chi connectivity index (χ1n) is 12.5. The summed E-state index contributed by atoms with van der Waals surface area (Å²) in [5.74, 6) is -0.298. The van der Waals surface area contributed by atoms with Crippen molar-refractivity contribution in [1.29, 1.82) is 0 Å². The number of alkyl halides is 3. The van der Waals surface area contributed by atoms with E-state index in [9.17, 15) is 21.6 Å². The van der Waals surface area contributed by atoms with Crippen molar-refractivity contribution in [3.8, 4) is 28.8 Å². The summed E-state index contributed by atoms with van der Waals surface area (Å²) in [7, 11) is -2.28. The van der Waals surface area contributed by atoms with Gasteiger partial charge in [-0.2, -0.15) is 18.2 Å². The van der Waals surface area contributed by atoms with Crippen molar-refractivity contribution in [2.24, 2.45) is 0 Å². The molecular weight excluding hydrogens is 559 g/mol. The highest BCUT2D eigenvalue weighted by Gasteiger charge is 2.36. The van der Waals surface area contributed by atoms with E-state index in [0.29, 0.717) is 11.3 Å². The van der Waals surface area contributed by atoms with Gasteiger partial charge in [-0.15, -0.1) is 0 Å². The molecule has 41 heavy (non-hydrogen) atoms. The molecule has 12 heteroatoms. The molecule has 222 valence electrons. The third-order valence-corrected chi connectivity index (χ3v) is 5.75. The quantitative estimate of drug-likeness (QED) is 0.279. The molecule has 0 saturated heterocycles. The zero-order valence-corrected chi connectivity index (χ0v) is 25.0. The Morgan fingerprint density at radius 1 is 0.902 bits per heavy atom. The summed E-state index contributed by atoms with van der Waals surface area (Å²) < 4.78 is 85.0. The fourth-order valence-corrected chi connectivity index (χ4v) is 4.24. The summed E-state index contributed by atoms with van der Waals surface area (Å²) in [6.45, 7) is 10.8. The van der Waals surface area contributed by atoms with E-state index in [2.05, 4.69) is 14.7 Å². The minimum absolute atomic E-state index is 0.0268. The molecule has 0 saturated carbocycles. The van der Waals surface area contributed by atoms with Crippen molar-refractivity contribution < 1.29 is 35.8 Å². The van der Waals surface area contributed by atoms with Crippen LogP contribution in [0, 0.1) is 0 Å². The Bertz CT molecular complexity index is 1520. The van der Waals surface area contributed by atoms with E-state index in [4.69, 9.17) is 14.2 Å². The van der Waals surface area contributed by atoms with Crippen LogP contribution in [0.3, 0.4) is 0 Å². The summed E-state index contributed by atoms with van der Waals surface area (Å²) in [6, 6.07) is 8.88. The molecule has 0 radical (unpaired) electrons. The average molecular weight is 594 g/mol. The number of methoxy groups -OCH3 is 1. The van der Waals surface area contributed by atoms with Gasteiger partial charge in [0, 0.05) is 17.4 Å². The lowest BCUT2D eigenvalue weighted by Crippen LogP contribution is -2.26. The van der Waals surface area contributed by atoms with Crippen LogP contribution in [-0.4, -0.2) is 43.0 Å². The maximum absolute atomic E-state index is 14.2. The second-order valence-electron chi connectivity index (χ2n) is 11.3. The second kappa shape index (κ2) is 11.6. The fraction of sp³-hybridized carbons (Fsp3) is 0.379. The van der Waals surface area contributed by atoms with Gasteiger partial charge in [0.2, 0.25) is 15.9 Å². The molecule has 0 atom stereocenters. The van der Waals surface area contributed by atoms with Crippen molar-refractivity contribution in [1.82, 2.24) is 9.97 Å². The molecule has 0 aliphatic carbocycles. The first-order chi connectivity index (χ1) is 18.7. The number of hydrogen-bond donors (Lipinski definition) is 1. The number of rotatable bonds is 8. The molecule has 1 heterocycles. The van der Waals surface area contributed by atoms with Crippen LogP contribution in [0.4, 0.5) is 18.9 Å². The minimum Gasteiger partial charge on any atom is -0.495 e. The first kappa shape index (κ1) is 31.7. The monoisotopic (exact) mass is 593 g/mol. The Labute approximate surface area is 238 Å². The topological polar surface area (TPSA) is 99.6 Å². The number of benzene rings is 2. The Morgan fingerprint density at radius 3 is 2.02 bits per heavy atom. The first-order valence-corrected chi connectivity index (χ1v) is 14.4. The largest absolute Gasteiger partial charge is 0.495 e. The van der Waals surface area contributed by atoms with Gasteiger partial charge in [-0.05, 0) is 76.9 Å². The molecule has 8 nitrogen and oxygen atoms in total. The van der Waals surface area contributed by atoms with Crippen LogP contribution < -0.4 is 18.9 Å². The standard InChI is InChI=1S/C29H34F3N3O5S/c1-27(2,3)39-25-22(17-33-26(34-25)40-28(4,5)6)20-15-19(24(38-7)23(16-20)29(30,31)32)12-9-18-10-13-21(14-11-18)35-41(8,36)37/h9-17,35H,1-8H3. The molecule has 0 amide bonds. The van der Waals surface area contributed by atoms with Gasteiger partial charge in [-0.3, -0.25) is 4.72 Å². The summed E-state index contributed by atoms with van der Waals surface area (Å²) >= 11 is 0. The molecule has 0 spiro atoms. The van der Waals surface area contributed by atoms with E-state index >= 15 is 0 Å². The van der Waals surface area contributed by atoms with E-state index in [0.717, 1.165) is 12.3 Å². The highest BCUT2D eigenvalue weighted by atomic mass is 32.2. The van der Waals surface area contributed by atoms with E-state index in [1.54, 1.807) is 51.1 Å². The molecule has 3 aromatic rings. The van der Waals surface area contributed by atoms with Crippen LogP contribution in [-0.2, 0) is 16.2 Å². The normalized spacial score (nSPS) is 12.9. The number of ether oxygens (including phenoxy) is 3. The maximum Gasteiger partial charge on any atom is 0.420 e. The lowest BCUT2D eigenvalue weighted by Gasteiger charge is -2.24. The molecule has 0 bridgehead atoms. The van der Waals surface area contributed by atoms with Crippen molar-refractivity contribution >= 4 is 27.9 Å². The number of sulfonamides is 1. The summed E-state index contributed by atoms with van der Waals surface area (Å²) in [5, 5.41) is 0. The number of nitrogens with zero attached hydrogens (tertiary/aromatic N) is 2. The van der Waals surface area contributed by atoms with E-state index < -0.39 is 33.0 Å². The molecule has 3 rings (SSSR count). The van der Waals surface area contributed by atoms with Crippen molar-refractivity contribution in [3.05, 3.63) is 59.3 Å². The molecule has 0 aliphatic rings. The fourth-order valence-electron chi connectivity index (χ4n) is 3.67. The molecular formula is C29H34F3N3O5S. The molecule has 1 aromatic heterocycles. The van der Waals surface area contributed by atoms with Gasteiger partial charge in [0.25, 0.3) is 0 Å². The Hall–Kier alpha value is -3.80. The SMILES string of the molecule is COc1c(C=Cc2ccc(NS(C)(=O)=O)cc2)cc(-c2cnc(OC(C)(C)C)nc2OC(C)(C)C)cc1C(F)(F)F. The van der Waals surface area contributed by atoms with Gasteiger partial charge in [0.1, 0.15) is 17.0 Å². The molecule has 1 N–H and O–H groups in total. The molecule has 2 aromatic carbocycles. The summed E-state index contributed by atoms with van der Waals surface area (Å²) in [6.07, 6.45) is 0.753. The Morgan fingerprint density at radius 2 is 1.51 bits per heavy atom. The van der Waals surface area contributed by atoms with Crippen LogP contribution in [0.25, 0.3) is 23.3 Å². The predicted octanol–water partition coefficient (Wildman–Crippen LogP) is 7.07. The van der Waals surface area contributed by atoms with Gasteiger partial charge in [-0.25, -0.2) is 13.4 Å². The Kier molecular flexibility index (Phi) is 8.97. The van der Waals surface area contributed by atoms with Gasteiger partial charge in [-0.1, -0.05) is 24.3 Å². The highest BCUT2D eigenvalue weighted by molar-refractivity contribution is 7.92. The van der Waals surface area contributed by atoms with Crippen LogP contribution in [0.5, 0.6) is 17.6 Å². The van der Waals surface area contributed by atoms with Gasteiger partial charge in [0.05, 0.1) is 24.5 Å². The predicted molar refractivity (Wildman–Crippen MR) is 154 cm³/mol. The second-order valence-corrected chi connectivity index (χ2v) is 13.0. The van der Waals surface area contributed by atoms with Gasteiger partial charge in [0.15, 0.2) is 0 Å². The third-order valence-electron chi connectivity index (χ3n) is 5.14. The maximum atomic E-state index is 14.2. The Balaban J connectivity index is 2.16. The highest BCUT2D eigenvalue weighted by Crippen LogP contribution is 2.43. The van der Waals surface area contributed by atoms with Crippen LogP contribution in [0.1, 0.15) is 58.2 Å². The lowest BCUT2D eigenvalue weighted by atomic mass is 9.98. The zero-order valence-electron chi connectivity index (χ0n) is 24.2. The van der Waals surface area contributed by atoms with Crippen LogP contribution in [0.15, 0.2) is 42.6 Å². The van der Waals surface area contributed by atoms with Gasteiger partial charge < -0.3 is 14.2 Å². The van der Waals surface area contributed by atoms with Crippen LogP contribution in [0.2, 0.25) is 0 Å². The zero-order chi connectivity index (χ0) is 30.8.